The summed E-state index contributed by atoms with van der Waals surface area (Å²) in [6.45, 7) is 6.70. The highest BCUT2D eigenvalue weighted by Crippen LogP contribution is 2.30. The molecule has 2 aliphatic rings. The van der Waals surface area contributed by atoms with Gasteiger partial charge in [-0.1, -0.05) is 6.07 Å². The number of nitrogens with zero attached hydrogens (tertiary/aromatic N) is 2. The number of likely N-dealkylation sites (tertiary alicyclic amines) is 1. The Hall–Kier alpha value is -3.09. The van der Waals surface area contributed by atoms with Gasteiger partial charge in [-0.25, -0.2) is 4.79 Å². The van der Waals surface area contributed by atoms with E-state index >= 15 is 0 Å². The second kappa shape index (κ2) is 7.97. The second-order valence-electron chi connectivity index (χ2n) is 8.78. The highest BCUT2D eigenvalue weighted by atomic mass is 16.6. The molecule has 0 saturated carbocycles. The van der Waals surface area contributed by atoms with E-state index < -0.39 is 5.60 Å². The van der Waals surface area contributed by atoms with Crippen LogP contribution in [0.4, 0.5) is 10.5 Å². The fourth-order valence-corrected chi connectivity index (χ4v) is 3.71. The maximum Gasteiger partial charge on any atom is 0.410 e. The van der Waals surface area contributed by atoms with Crippen LogP contribution in [0.3, 0.4) is 0 Å². The second-order valence-corrected chi connectivity index (χ2v) is 8.78. The summed E-state index contributed by atoms with van der Waals surface area (Å²) < 4.78 is 11.5. The number of aromatic nitrogens is 1. The van der Waals surface area contributed by atoms with Crippen LogP contribution in [0.5, 0.6) is 5.75 Å². The summed E-state index contributed by atoms with van der Waals surface area (Å²) in [6, 6.07) is 7.97. The van der Waals surface area contributed by atoms with Crippen molar-refractivity contribution in [3.63, 3.8) is 0 Å². The van der Waals surface area contributed by atoms with E-state index in [4.69, 9.17) is 9.47 Å². The molecule has 0 unspecified atom stereocenters. The van der Waals surface area contributed by atoms with Gasteiger partial charge in [-0.05, 0) is 56.5 Å². The molecule has 0 aliphatic carbocycles. The number of amides is 2. The number of hydrogen-bond donors (Lipinski definition) is 1. The van der Waals surface area contributed by atoms with Crippen molar-refractivity contribution in [2.75, 3.05) is 18.4 Å². The number of rotatable bonds is 3. The first kappa shape index (κ1) is 20.2. The minimum atomic E-state index is -0.508. The zero-order valence-electron chi connectivity index (χ0n) is 17.6. The van der Waals surface area contributed by atoms with E-state index in [9.17, 15) is 9.59 Å². The predicted octanol–water partition coefficient (Wildman–Crippen LogP) is 4.02. The first-order chi connectivity index (χ1) is 14.3. The van der Waals surface area contributed by atoms with Crippen molar-refractivity contribution >= 4 is 17.7 Å². The van der Waals surface area contributed by atoms with Crippen LogP contribution in [0.25, 0.3) is 11.1 Å². The minimum Gasteiger partial charge on any atom is -0.487 e. The highest BCUT2D eigenvalue weighted by molar-refractivity contribution is 5.94. The number of ether oxygens (including phenoxy) is 2. The molecule has 1 atom stereocenters. The zero-order valence-corrected chi connectivity index (χ0v) is 17.6. The summed E-state index contributed by atoms with van der Waals surface area (Å²) in [6.07, 6.45) is 5.10. The Balaban J connectivity index is 1.42. The van der Waals surface area contributed by atoms with E-state index in [1.54, 1.807) is 17.3 Å². The van der Waals surface area contributed by atoms with Gasteiger partial charge in [0.25, 0.3) is 0 Å². The van der Waals surface area contributed by atoms with Crippen LogP contribution in [0, 0.1) is 0 Å². The van der Waals surface area contributed by atoms with Crippen LogP contribution < -0.4 is 10.1 Å². The fraction of sp³-hybridized carbons (Fsp3) is 0.435. The largest absolute Gasteiger partial charge is 0.487 e. The normalized spacial score (nSPS) is 18.6. The lowest BCUT2D eigenvalue weighted by Gasteiger charge is -2.24. The summed E-state index contributed by atoms with van der Waals surface area (Å²) >= 11 is 0. The fourth-order valence-electron chi connectivity index (χ4n) is 3.71. The lowest BCUT2D eigenvalue weighted by atomic mass is 9.98. The predicted molar refractivity (Wildman–Crippen MR) is 113 cm³/mol. The van der Waals surface area contributed by atoms with E-state index in [1.807, 2.05) is 39.0 Å². The molecule has 0 spiro atoms. The number of anilines is 1. The lowest BCUT2D eigenvalue weighted by Crippen LogP contribution is -2.36. The molecule has 1 fully saturated rings. The summed E-state index contributed by atoms with van der Waals surface area (Å²) in [4.78, 5) is 29.8. The Bertz CT molecular complexity index is 967. The Labute approximate surface area is 176 Å². The third-order valence-corrected chi connectivity index (χ3v) is 5.15. The summed E-state index contributed by atoms with van der Waals surface area (Å²) in [5.41, 5.74) is 3.48. The molecule has 2 aromatic rings. The Kier molecular flexibility index (Phi) is 5.37. The first-order valence-electron chi connectivity index (χ1n) is 10.3. The number of pyridine rings is 1. The molecule has 4 rings (SSSR count). The SMILES string of the molecule is CC(C)(C)OC(=O)N1CC[C@H](Oc2cncc(-c3ccc4c(c3)CCC(=O)N4)c2)C1. The number of hydrogen-bond acceptors (Lipinski definition) is 5. The van der Waals surface area contributed by atoms with Crippen LogP contribution in [-0.4, -0.2) is 46.7 Å². The smallest absolute Gasteiger partial charge is 0.410 e. The van der Waals surface area contributed by atoms with Crippen molar-refractivity contribution < 1.29 is 19.1 Å². The minimum absolute atomic E-state index is 0.0595. The van der Waals surface area contributed by atoms with Gasteiger partial charge in [0, 0.05) is 36.8 Å². The number of aryl methyl sites for hydroxylation is 1. The number of benzene rings is 1. The molecule has 0 bridgehead atoms. The molecule has 1 saturated heterocycles. The van der Waals surface area contributed by atoms with E-state index in [0.29, 0.717) is 25.3 Å². The molecule has 0 radical (unpaired) electrons. The lowest BCUT2D eigenvalue weighted by molar-refractivity contribution is -0.116. The van der Waals surface area contributed by atoms with Gasteiger partial charge in [-0.3, -0.25) is 9.78 Å². The third kappa shape index (κ3) is 4.72. The highest BCUT2D eigenvalue weighted by Gasteiger charge is 2.31. The van der Waals surface area contributed by atoms with Crippen LogP contribution in [0.2, 0.25) is 0 Å². The molecule has 2 amide bonds. The molecule has 158 valence electrons. The maximum absolute atomic E-state index is 12.2. The molecular weight excluding hydrogens is 382 g/mol. The van der Waals surface area contributed by atoms with Crippen LogP contribution in [0.15, 0.2) is 36.7 Å². The molecule has 1 aromatic heterocycles. The van der Waals surface area contributed by atoms with Crippen LogP contribution in [-0.2, 0) is 16.0 Å². The van der Waals surface area contributed by atoms with Crippen molar-refractivity contribution in [1.29, 1.82) is 0 Å². The van der Waals surface area contributed by atoms with Gasteiger partial charge >= 0.3 is 6.09 Å². The van der Waals surface area contributed by atoms with Crippen LogP contribution in [0.1, 0.15) is 39.2 Å². The van der Waals surface area contributed by atoms with Gasteiger partial charge in [0.1, 0.15) is 17.5 Å². The topological polar surface area (TPSA) is 80.8 Å². The maximum atomic E-state index is 12.2. The number of carbonyl (C=O) groups excluding carboxylic acids is 2. The zero-order chi connectivity index (χ0) is 21.3. The number of nitrogens with one attached hydrogen (secondary N) is 1. The summed E-state index contributed by atoms with van der Waals surface area (Å²) in [5, 5.41) is 2.90. The molecular formula is C23H27N3O4. The molecule has 2 aliphatic heterocycles. The van der Waals surface area contributed by atoms with Crippen molar-refractivity contribution in [1.82, 2.24) is 9.88 Å². The molecule has 1 aromatic carbocycles. The first-order valence-corrected chi connectivity index (χ1v) is 10.3. The molecule has 30 heavy (non-hydrogen) atoms. The number of carbonyl (C=O) groups is 2. The van der Waals surface area contributed by atoms with Gasteiger partial charge in [0.05, 0.1) is 12.7 Å². The number of fused-ring (bicyclic) bond motifs is 1. The van der Waals surface area contributed by atoms with Gasteiger partial charge in [0.15, 0.2) is 0 Å². The molecule has 7 heteroatoms. The third-order valence-electron chi connectivity index (χ3n) is 5.15. The average molecular weight is 409 g/mol. The van der Waals surface area contributed by atoms with Gasteiger partial charge < -0.3 is 19.7 Å². The molecule has 1 N–H and O–H groups in total. The van der Waals surface area contributed by atoms with E-state index in [0.717, 1.165) is 35.2 Å². The Morgan fingerprint density at radius 2 is 2.00 bits per heavy atom. The van der Waals surface area contributed by atoms with Gasteiger partial charge in [0.2, 0.25) is 5.91 Å². The van der Waals surface area contributed by atoms with Gasteiger partial charge in [-0.15, -0.1) is 0 Å². The van der Waals surface area contributed by atoms with E-state index in [2.05, 4.69) is 16.4 Å². The average Bonchev–Trinajstić information content (AvgIpc) is 3.15. The van der Waals surface area contributed by atoms with Crippen LogP contribution >= 0.6 is 0 Å². The Morgan fingerprint density at radius 1 is 1.17 bits per heavy atom. The monoisotopic (exact) mass is 409 g/mol. The van der Waals surface area contributed by atoms with Crippen molar-refractivity contribution in [3.05, 3.63) is 42.2 Å². The van der Waals surface area contributed by atoms with Crippen molar-refractivity contribution in [2.45, 2.75) is 51.7 Å². The van der Waals surface area contributed by atoms with E-state index in [1.165, 1.54) is 0 Å². The van der Waals surface area contributed by atoms with Gasteiger partial charge in [-0.2, -0.15) is 0 Å². The molecule has 3 heterocycles. The van der Waals surface area contributed by atoms with Crippen molar-refractivity contribution in [3.8, 4) is 16.9 Å². The van der Waals surface area contributed by atoms with E-state index in [-0.39, 0.29) is 18.1 Å². The summed E-state index contributed by atoms with van der Waals surface area (Å²) in [7, 11) is 0. The quantitative estimate of drug-likeness (QED) is 0.828. The standard InChI is InChI=1S/C23H27N3O4/c1-23(2,3)30-22(28)26-9-8-18(14-26)29-19-11-17(12-24-13-19)15-4-6-20-16(10-15)5-7-21(27)25-20/h4,6,10-13,18H,5,7-9,14H2,1-3H3,(H,25,27)/t18-/m0/s1. The summed E-state index contributed by atoms with van der Waals surface area (Å²) in [5.74, 6) is 0.735. The molecule has 7 nitrogen and oxygen atoms in total. The van der Waals surface area contributed by atoms with Crippen molar-refractivity contribution in [2.24, 2.45) is 0 Å². The Morgan fingerprint density at radius 3 is 2.80 bits per heavy atom.